The molecular weight excluding hydrogens is 198 g/mol. The first kappa shape index (κ1) is 11.0. The first-order valence-electron chi connectivity index (χ1n) is 4.42. The van der Waals surface area contributed by atoms with E-state index in [1.807, 2.05) is 39.1 Å². The zero-order chi connectivity index (χ0) is 10.8. The molecule has 0 bridgehead atoms. The number of hydrogen-bond acceptors (Lipinski definition) is 3. The van der Waals surface area contributed by atoms with Gasteiger partial charge in [-0.2, -0.15) is 0 Å². The fourth-order valence-electron chi connectivity index (χ4n) is 0.928. The Morgan fingerprint density at radius 3 is 2.57 bits per heavy atom. The molecule has 0 aliphatic rings. The summed E-state index contributed by atoms with van der Waals surface area (Å²) in [6.07, 6.45) is -0.404. The zero-order valence-corrected chi connectivity index (χ0v) is 9.70. The fraction of sp³-hybridized carbons (Fsp3) is 0.500. The van der Waals surface area contributed by atoms with E-state index in [4.69, 9.17) is 4.74 Å². The minimum absolute atomic E-state index is 0.404. The number of carbonyl (C=O) groups excluding carboxylic acids is 1. The lowest BCUT2D eigenvalue weighted by molar-refractivity contribution is 0.0636. The minimum atomic E-state index is -0.450. The SMILES string of the molecule is Cc1sccc1NC(=O)OC(C)(C)C. The second-order valence-electron chi connectivity index (χ2n) is 4.02. The van der Waals surface area contributed by atoms with Gasteiger partial charge in [0.25, 0.3) is 0 Å². The van der Waals surface area contributed by atoms with Gasteiger partial charge in [-0.1, -0.05) is 0 Å². The minimum Gasteiger partial charge on any atom is -0.444 e. The molecule has 3 nitrogen and oxygen atoms in total. The number of nitrogens with one attached hydrogen (secondary N) is 1. The van der Waals surface area contributed by atoms with Gasteiger partial charge in [-0.25, -0.2) is 4.79 Å². The third-order valence-corrected chi connectivity index (χ3v) is 2.34. The van der Waals surface area contributed by atoms with Crippen molar-refractivity contribution in [3.8, 4) is 0 Å². The van der Waals surface area contributed by atoms with Crippen LogP contribution in [0.3, 0.4) is 0 Å². The van der Waals surface area contributed by atoms with Gasteiger partial charge >= 0.3 is 6.09 Å². The molecular formula is C10H15NO2S. The molecule has 0 aliphatic heterocycles. The van der Waals surface area contributed by atoms with Crippen molar-refractivity contribution in [1.29, 1.82) is 0 Å². The summed E-state index contributed by atoms with van der Waals surface area (Å²) in [7, 11) is 0. The lowest BCUT2D eigenvalue weighted by atomic mass is 10.2. The van der Waals surface area contributed by atoms with Crippen LogP contribution in [-0.2, 0) is 4.74 Å². The van der Waals surface area contributed by atoms with Crippen LogP contribution in [0.15, 0.2) is 11.4 Å². The normalized spacial score (nSPS) is 11.1. The van der Waals surface area contributed by atoms with Crippen LogP contribution < -0.4 is 5.32 Å². The Hall–Kier alpha value is -1.03. The summed E-state index contributed by atoms with van der Waals surface area (Å²) in [5.74, 6) is 0. The van der Waals surface area contributed by atoms with Crippen molar-refractivity contribution in [3.63, 3.8) is 0 Å². The Morgan fingerprint density at radius 2 is 2.14 bits per heavy atom. The average Bonchev–Trinajstić information content (AvgIpc) is 2.32. The molecule has 0 saturated carbocycles. The molecule has 0 aromatic carbocycles. The average molecular weight is 213 g/mol. The number of anilines is 1. The summed E-state index contributed by atoms with van der Waals surface area (Å²) < 4.78 is 5.12. The summed E-state index contributed by atoms with van der Waals surface area (Å²) in [5.41, 5.74) is 0.373. The van der Waals surface area contributed by atoms with E-state index >= 15 is 0 Å². The summed E-state index contributed by atoms with van der Waals surface area (Å²) in [4.78, 5) is 12.4. The Bertz CT molecular complexity index is 325. The maximum absolute atomic E-state index is 11.3. The summed E-state index contributed by atoms with van der Waals surface area (Å²) in [6, 6.07) is 1.86. The van der Waals surface area contributed by atoms with Gasteiger partial charge in [0.1, 0.15) is 5.60 Å². The third-order valence-electron chi connectivity index (χ3n) is 1.49. The maximum atomic E-state index is 11.3. The highest BCUT2D eigenvalue weighted by Gasteiger charge is 2.16. The number of rotatable bonds is 1. The highest BCUT2D eigenvalue weighted by Crippen LogP contribution is 2.21. The van der Waals surface area contributed by atoms with Crippen molar-refractivity contribution in [2.75, 3.05) is 5.32 Å². The molecule has 1 aromatic heterocycles. The van der Waals surface area contributed by atoms with Gasteiger partial charge in [-0.15, -0.1) is 11.3 Å². The first-order chi connectivity index (χ1) is 6.38. The summed E-state index contributed by atoms with van der Waals surface area (Å²) in [6.45, 7) is 7.48. The van der Waals surface area contributed by atoms with Crippen molar-refractivity contribution in [1.82, 2.24) is 0 Å². The highest BCUT2D eigenvalue weighted by molar-refractivity contribution is 7.10. The van der Waals surface area contributed by atoms with Gasteiger partial charge in [-0.3, -0.25) is 5.32 Å². The Labute approximate surface area is 88.1 Å². The topological polar surface area (TPSA) is 38.3 Å². The van der Waals surface area contributed by atoms with Crippen LogP contribution in [0.4, 0.5) is 10.5 Å². The number of aryl methyl sites for hydroxylation is 1. The van der Waals surface area contributed by atoms with Crippen molar-refractivity contribution in [2.24, 2.45) is 0 Å². The van der Waals surface area contributed by atoms with E-state index in [2.05, 4.69) is 5.32 Å². The van der Waals surface area contributed by atoms with E-state index in [0.29, 0.717) is 0 Å². The molecule has 1 amide bonds. The van der Waals surface area contributed by atoms with E-state index in [-0.39, 0.29) is 0 Å². The molecule has 0 unspecified atom stereocenters. The number of amides is 1. The lowest BCUT2D eigenvalue weighted by Gasteiger charge is -2.19. The quantitative estimate of drug-likeness (QED) is 0.776. The van der Waals surface area contributed by atoms with Crippen LogP contribution in [0, 0.1) is 6.92 Å². The fourth-order valence-corrected chi connectivity index (χ4v) is 1.58. The first-order valence-corrected chi connectivity index (χ1v) is 5.30. The number of ether oxygens (including phenoxy) is 1. The largest absolute Gasteiger partial charge is 0.444 e. The van der Waals surface area contributed by atoms with Crippen molar-refractivity contribution in [2.45, 2.75) is 33.3 Å². The van der Waals surface area contributed by atoms with Crippen LogP contribution in [0.2, 0.25) is 0 Å². The molecule has 0 spiro atoms. The van der Waals surface area contributed by atoms with Gasteiger partial charge in [-0.05, 0) is 39.1 Å². The van der Waals surface area contributed by atoms with Crippen LogP contribution in [0.5, 0.6) is 0 Å². The Balaban J connectivity index is 2.54. The van der Waals surface area contributed by atoms with Gasteiger partial charge in [0.2, 0.25) is 0 Å². The number of hydrogen-bond donors (Lipinski definition) is 1. The molecule has 1 N–H and O–H groups in total. The predicted octanol–water partition coefficient (Wildman–Crippen LogP) is 3.40. The van der Waals surface area contributed by atoms with E-state index in [0.717, 1.165) is 10.6 Å². The summed E-state index contributed by atoms with van der Waals surface area (Å²) >= 11 is 1.59. The summed E-state index contributed by atoms with van der Waals surface area (Å²) in [5, 5.41) is 4.63. The van der Waals surface area contributed by atoms with Crippen molar-refractivity contribution >= 4 is 23.1 Å². The number of carbonyl (C=O) groups is 1. The second-order valence-corrected chi connectivity index (χ2v) is 5.14. The van der Waals surface area contributed by atoms with Crippen LogP contribution >= 0.6 is 11.3 Å². The van der Waals surface area contributed by atoms with E-state index in [9.17, 15) is 4.79 Å². The molecule has 1 heterocycles. The molecule has 4 heteroatoms. The van der Waals surface area contributed by atoms with Crippen molar-refractivity contribution in [3.05, 3.63) is 16.3 Å². The van der Waals surface area contributed by atoms with Gasteiger partial charge in [0.05, 0.1) is 5.69 Å². The van der Waals surface area contributed by atoms with Gasteiger partial charge in [0.15, 0.2) is 0 Å². The molecule has 14 heavy (non-hydrogen) atoms. The van der Waals surface area contributed by atoms with E-state index < -0.39 is 11.7 Å². The predicted molar refractivity (Wildman–Crippen MR) is 58.9 cm³/mol. The Morgan fingerprint density at radius 1 is 1.50 bits per heavy atom. The standard InChI is InChI=1S/C10H15NO2S/c1-7-8(5-6-14-7)11-9(12)13-10(2,3)4/h5-6H,1-4H3,(H,11,12). The molecule has 1 aromatic rings. The Kier molecular flexibility index (Phi) is 3.16. The van der Waals surface area contributed by atoms with Gasteiger partial charge in [0, 0.05) is 4.88 Å². The molecule has 1 rings (SSSR count). The number of thiophene rings is 1. The highest BCUT2D eigenvalue weighted by atomic mass is 32.1. The molecule has 0 aliphatic carbocycles. The third kappa shape index (κ3) is 3.38. The maximum Gasteiger partial charge on any atom is 0.412 e. The van der Waals surface area contributed by atoms with E-state index in [1.165, 1.54) is 0 Å². The monoisotopic (exact) mass is 213 g/mol. The van der Waals surface area contributed by atoms with Crippen LogP contribution in [0.25, 0.3) is 0 Å². The van der Waals surface area contributed by atoms with Crippen molar-refractivity contribution < 1.29 is 9.53 Å². The van der Waals surface area contributed by atoms with Gasteiger partial charge < -0.3 is 4.74 Å². The molecule has 78 valence electrons. The molecule has 0 fully saturated rings. The molecule has 0 radical (unpaired) electrons. The van der Waals surface area contributed by atoms with Crippen LogP contribution in [0.1, 0.15) is 25.6 Å². The van der Waals surface area contributed by atoms with Crippen LogP contribution in [-0.4, -0.2) is 11.7 Å². The lowest BCUT2D eigenvalue weighted by Crippen LogP contribution is -2.27. The molecule has 0 saturated heterocycles. The molecule has 0 atom stereocenters. The zero-order valence-electron chi connectivity index (χ0n) is 8.88. The second kappa shape index (κ2) is 4.00. The smallest absolute Gasteiger partial charge is 0.412 e. The van der Waals surface area contributed by atoms with E-state index in [1.54, 1.807) is 11.3 Å².